The molecule has 1 aliphatic rings. The third kappa shape index (κ3) is 4.24. The van der Waals surface area contributed by atoms with Crippen molar-refractivity contribution in [3.63, 3.8) is 0 Å². The number of hydrogen-bond donors (Lipinski definition) is 0. The van der Waals surface area contributed by atoms with Crippen molar-refractivity contribution in [2.45, 2.75) is 11.8 Å². The van der Waals surface area contributed by atoms with Gasteiger partial charge in [-0.3, -0.25) is 14.9 Å². The molecule has 0 atom stereocenters. The van der Waals surface area contributed by atoms with Crippen molar-refractivity contribution in [1.82, 2.24) is 9.29 Å². The molecular formula is C15H18N4O7S3. The number of benzene rings is 1. The summed E-state index contributed by atoms with van der Waals surface area (Å²) in [4.78, 5) is 28.6. The molecule has 0 unspecified atom stereocenters. The van der Waals surface area contributed by atoms with Crippen LogP contribution >= 0.6 is 11.3 Å². The molecule has 14 heteroatoms. The number of nitro groups is 1. The number of aromatic nitrogens is 1. The molecule has 0 N–H and O–H groups in total. The Morgan fingerprint density at radius 1 is 1.17 bits per heavy atom. The Kier molecular flexibility index (Phi) is 5.64. The highest BCUT2D eigenvalue weighted by molar-refractivity contribution is 7.90. The number of fused-ring (bicyclic) bond motifs is 1. The lowest BCUT2D eigenvalue weighted by molar-refractivity contribution is -0.383. The van der Waals surface area contributed by atoms with Crippen LogP contribution in [-0.4, -0.2) is 69.2 Å². The lowest BCUT2D eigenvalue weighted by Crippen LogP contribution is -2.49. The van der Waals surface area contributed by atoms with Crippen LogP contribution in [-0.2, 0) is 19.9 Å². The largest absolute Gasteiger partial charge is 0.345 e. The smallest absolute Gasteiger partial charge is 0.288 e. The van der Waals surface area contributed by atoms with Crippen LogP contribution < -0.4 is 10.5 Å². The van der Waals surface area contributed by atoms with Crippen LogP contribution in [0, 0.1) is 10.1 Å². The van der Waals surface area contributed by atoms with E-state index >= 15 is 0 Å². The minimum absolute atomic E-state index is 0.0105. The van der Waals surface area contributed by atoms with Crippen molar-refractivity contribution >= 4 is 52.1 Å². The maximum absolute atomic E-state index is 12.5. The summed E-state index contributed by atoms with van der Waals surface area (Å²) in [6.07, 6.45) is 0.900. The predicted molar refractivity (Wildman–Crippen MR) is 109 cm³/mol. The van der Waals surface area contributed by atoms with Crippen molar-refractivity contribution in [2.75, 3.05) is 43.1 Å². The second-order valence-electron chi connectivity index (χ2n) is 6.44. The Labute approximate surface area is 170 Å². The van der Waals surface area contributed by atoms with Gasteiger partial charge in [-0.2, -0.15) is 9.29 Å². The van der Waals surface area contributed by atoms with E-state index in [4.69, 9.17) is 0 Å². The number of piperazine rings is 1. The lowest BCUT2D eigenvalue weighted by atomic mass is 10.2. The van der Waals surface area contributed by atoms with E-state index < -0.39 is 36.0 Å². The number of non-ortho nitro benzene ring substituents is 1. The zero-order valence-electron chi connectivity index (χ0n) is 15.6. The number of nitro benzene ring substituents is 1. The molecule has 1 aliphatic heterocycles. The van der Waals surface area contributed by atoms with Gasteiger partial charge in [0.2, 0.25) is 10.0 Å². The Balaban J connectivity index is 2.05. The zero-order chi connectivity index (χ0) is 21.6. The summed E-state index contributed by atoms with van der Waals surface area (Å²) in [6, 6.07) is 2.03. The van der Waals surface area contributed by atoms with E-state index in [2.05, 4.69) is 4.98 Å². The first-order valence-corrected chi connectivity index (χ1v) is 12.8. The standard InChI is InChI=1S/C15H18N4O7S3/c1-3-29(25,26)18-6-4-17(5-7-18)15-16-14(20)11-8-10(28(2,23)24)9-12(19(21)22)13(11)27-15/h8-9H,3-7H2,1-2H3. The van der Waals surface area contributed by atoms with Gasteiger partial charge in [-0.25, -0.2) is 16.8 Å². The predicted octanol–water partition coefficient (Wildman–Crippen LogP) is 0.440. The fourth-order valence-electron chi connectivity index (χ4n) is 2.94. The van der Waals surface area contributed by atoms with Crippen LogP contribution in [0.1, 0.15) is 6.92 Å². The van der Waals surface area contributed by atoms with E-state index in [1.807, 2.05) is 0 Å². The molecule has 1 aromatic heterocycles. The topological polar surface area (TPSA) is 148 Å². The molecular weight excluding hydrogens is 444 g/mol. The minimum Gasteiger partial charge on any atom is -0.345 e. The van der Waals surface area contributed by atoms with Crippen LogP contribution in [0.25, 0.3) is 10.1 Å². The number of anilines is 1. The van der Waals surface area contributed by atoms with Crippen LogP contribution in [0.5, 0.6) is 0 Å². The van der Waals surface area contributed by atoms with E-state index in [1.165, 1.54) is 4.31 Å². The fraction of sp³-hybridized carbons (Fsp3) is 0.467. The van der Waals surface area contributed by atoms with Crippen molar-refractivity contribution in [1.29, 1.82) is 0 Å². The quantitative estimate of drug-likeness (QED) is 0.456. The van der Waals surface area contributed by atoms with Gasteiger partial charge < -0.3 is 4.90 Å². The SMILES string of the molecule is CCS(=O)(=O)N1CCN(c2nc(=O)c3cc(S(C)(=O)=O)cc([N+](=O)[O-])c3s2)CC1. The summed E-state index contributed by atoms with van der Waals surface area (Å²) in [6.45, 7) is 2.55. The number of sulfonamides is 1. The summed E-state index contributed by atoms with van der Waals surface area (Å²) in [5.41, 5.74) is -1.26. The summed E-state index contributed by atoms with van der Waals surface area (Å²) in [7, 11) is -7.08. The molecule has 29 heavy (non-hydrogen) atoms. The molecule has 0 aliphatic carbocycles. The second-order valence-corrected chi connectivity index (χ2v) is 11.7. The average Bonchev–Trinajstić information content (AvgIpc) is 2.66. The molecule has 0 spiro atoms. The average molecular weight is 463 g/mol. The Morgan fingerprint density at radius 3 is 2.31 bits per heavy atom. The first kappa shape index (κ1) is 21.5. The number of nitrogens with zero attached hydrogens (tertiary/aromatic N) is 4. The molecule has 11 nitrogen and oxygen atoms in total. The molecule has 1 fully saturated rings. The Morgan fingerprint density at radius 2 is 1.79 bits per heavy atom. The van der Waals surface area contributed by atoms with Gasteiger partial charge in [0, 0.05) is 38.5 Å². The van der Waals surface area contributed by atoms with Gasteiger partial charge >= 0.3 is 0 Å². The number of rotatable bonds is 5. The maximum atomic E-state index is 12.5. The van der Waals surface area contributed by atoms with Gasteiger partial charge in [0.25, 0.3) is 11.2 Å². The molecule has 2 heterocycles. The minimum atomic E-state index is -3.76. The van der Waals surface area contributed by atoms with Crippen LogP contribution in [0.3, 0.4) is 0 Å². The van der Waals surface area contributed by atoms with Crippen molar-refractivity contribution in [3.8, 4) is 0 Å². The van der Waals surface area contributed by atoms with E-state index in [1.54, 1.807) is 11.8 Å². The molecule has 1 aromatic carbocycles. The third-order valence-corrected chi connectivity index (χ3v) is 8.69. The molecule has 0 amide bonds. The highest BCUT2D eigenvalue weighted by Gasteiger charge is 2.28. The molecule has 0 bridgehead atoms. The van der Waals surface area contributed by atoms with E-state index in [-0.39, 0.29) is 52.0 Å². The van der Waals surface area contributed by atoms with Crippen LogP contribution in [0.2, 0.25) is 0 Å². The first-order valence-electron chi connectivity index (χ1n) is 8.50. The Hall–Kier alpha value is -2.16. The van der Waals surface area contributed by atoms with Gasteiger partial charge in [-0.05, 0) is 13.0 Å². The maximum Gasteiger partial charge on any atom is 0.288 e. The van der Waals surface area contributed by atoms with Crippen molar-refractivity contribution in [3.05, 3.63) is 32.6 Å². The summed E-state index contributed by atoms with van der Waals surface area (Å²) in [5.74, 6) is -0.0105. The molecule has 158 valence electrons. The molecule has 3 rings (SSSR count). The second kappa shape index (κ2) is 7.59. The van der Waals surface area contributed by atoms with E-state index in [0.29, 0.717) is 0 Å². The highest BCUT2D eigenvalue weighted by Crippen LogP contribution is 2.34. The van der Waals surface area contributed by atoms with Crippen molar-refractivity contribution < 1.29 is 21.8 Å². The van der Waals surface area contributed by atoms with Crippen LogP contribution in [0.4, 0.5) is 10.8 Å². The van der Waals surface area contributed by atoms with Gasteiger partial charge in [-0.15, -0.1) is 0 Å². The van der Waals surface area contributed by atoms with Gasteiger partial charge in [0.15, 0.2) is 15.0 Å². The Bertz CT molecular complexity index is 1250. The zero-order valence-corrected chi connectivity index (χ0v) is 18.0. The normalized spacial score (nSPS) is 16.3. The third-order valence-electron chi connectivity index (χ3n) is 4.56. The fourth-order valence-corrected chi connectivity index (χ4v) is 5.80. The number of hydrogen-bond acceptors (Lipinski definition) is 10. The summed E-state index contributed by atoms with van der Waals surface area (Å²) >= 11 is 0.907. The molecule has 1 saturated heterocycles. The van der Waals surface area contributed by atoms with Gasteiger partial charge in [0.1, 0.15) is 4.70 Å². The number of sulfone groups is 1. The highest BCUT2D eigenvalue weighted by atomic mass is 32.2. The van der Waals surface area contributed by atoms with Gasteiger partial charge in [-0.1, -0.05) is 11.3 Å². The lowest BCUT2D eigenvalue weighted by Gasteiger charge is -2.33. The van der Waals surface area contributed by atoms with Gasteiger partial charge in [0.05, 0.1) is 21.0 Å². The van der Waals surface area contributed by atoms with Crippen molar-refractivity contribution in [2.24, 2.45) is 0 Å². The monoisotopic (exact) mass is 462 g/mol. The summed E-state index contributed by atoms with van der Waals surface area (Å²) in [5, 5.41) is 11.6. The van der Waals surface area contributed by atoms with Crippen LogP contribution in [0.15, 0.2) is 21.8 Å². The molecule has 0 saturated carbocycles. The first-order chi connectivity index (χ1) is 13.4. The molecule has 0 radical (unpaired) electrons. The van der Waals surface area contributed by atoms with E-state index in [9.17, 15) is 31.7 Å². The molecule has 2 aromatic rings. The summed E-state index contributed by atoms with van der Waals surface area (Å²) < 4.78 is 49.0. The van der Waals surface area contributed by atoms with E-state index in [0.717, 1.165) is 29.7 Å².